The van der Waals surface area contributed by atoms with E-state index in [0.717, 1.165) is 22.6 Å². The van der Waals surface area contributed by atoms with Gasteiger partial charge in [-0.3, -0.25) is 0 Å². The lowest BCUT2D eigenvalue weighted by Crippen LogP contribution is -1.92. The molecule has 0 N–H and O–H groups in total. The average molecular weight is 226 g/mol. The van der Waals surface area contributed by atoms with Crippen molar-refractivity contribution in [3.05, 3.63) is 47.8 Å². The second-order valence-electron chi connectivity index (χ2n) is 3.62. The highest BCUT2D eigenvalue weighted by Gasteiger charge is 2.11. The summed E-state index contributed by atoms with van der Waals surface area (Å²) in [6, 6.07) is 7.75. The molecule has 4 nitrogen and oxygen atoms in total. The minimum Gasteiger partial charge on any atom is -0.454 e. The van der Waals surface area contributed by atoms with Gasteiger partial charge in [0.25, 0.3) is 0 Å². The molecule has 1 aliphatic rings. The molecule has 0 bridgehead atoms. The van der Waals surface area contributed by atoms with Crippen LogP contribution in [0.4, 0.5) is 0 Å². The smallest absolute Gasteiger partial charge is 0.231 e. The normalized spacial score (nSPS) is 13.2. The maximum Gasteiger partial charge on any atom is 0.231 e. The summed E-state index contributed by atoms with van der Waals surface area (Å²) in [5.41, 5.74) is 2.07. The van der Waals surface area contributed by atoms with Gasteiger partial charge in [-0.05, 0) is 29.3 Å². The molecule has 0 saturated carbocycles. The molecular weight excluding hydrogens is 216 g/mol. The Bertz CT molecular complexity index is 553. The summed E-state index contributed by atoms with van der Waals surface area (Å²) in [4.78, 5) is 0. The van der Waals surface area contributed by atoms with Crippen molar-refractivity contribution in [1.82, 2.24) is 10.2 Å². The lowest BCUT2D eigenvalue weighted by Gasteiger charge is -1.97. The summed E-state index contributed by atoms with van der Waals surface area (Å²) in [7, 11) is 0. The molecule has 0 amide bonds. The number of nitrogens with zero attached hydrogens (tertiary/aromatic N) is 2. The Morgan fingerprint density at radius 2 is 1.82 bits per heavy atom. The summed E-state index contributed by atoms with van der Waals surface area (Å²) in [5.74, 6) is 1.59. The van der Waals surface area contributed by atoms with Crippen molar-refractivity contribution >= 4 is 12.2 Å². The topological polar surface area (TPSA) is 44.2 Å². The van der Waals surface area contributed by atoms with Gasteiger partial charge in [0.1, 0.15) is 0 Å². The van der Waals surface area contributed by atoms with Crippen LogP contribution in [0.3, 0.4) is 0 Å². The zero-order valence-electron chi connectivity index (χ0n) is 9.04. The highest BCUT2D eigenvalue weighted by Crippen LogP contribution is 2.32. The molecule has 4 heteroatoms. The van der Waals surface area contributed by atoms with Gasteiger partial charge in [-0.15, -0.1) is 0 Å². The summed E-state index contributed by atoms with van der Waals surface area (Å²) in [5, 5.41) is 7.54. The number of hydrogen-bond donors (Lipinski definition) is 0. The number of ether oxygens (including phenoxy) is 2. The number of benzene rings is 1. The molecule has 0 spiro atoms. The molecule has 0 radical (unpaired) electrons. The van der Waals surface area contributed by atoms with E-state index in [-0.39, 0.29) is 0 Å². The second kappa shape index (κ2) is 4.25. The summed E-state index contributed by atoms with van der Waals surface area (Å²) < 4.78 is 10.6. The van der Waals surface area contributed by atoms with Crippen LogP contribution in [0.2, 0.25) is 0 Å². The molecule has 0 atom stereocenters. The Kier molecular flexibility index (Phi) is 2.46. The van der Waals surface area contributed by atoms with E-state index in [1.807, 2.05) is 36.4 Å². The van der Waals surface area contributed by atoms with E-state index in [2.05, 4.69) is 10.2 Å². The highest BCUT2D eigenvalue weighted by molar-refractivity contribution is 5.70. The predicted octanol–water partition coefficient (Wildman–Crippen LogP) is 2.38. The van der Waals surface area contributed by atoms with E-state index in [1.165, 1.54) is 0 Å². The highest BCUT2D eigenvalue weighted by atomic mass is 16.7. The van der Waals surface area contributed by atoms with E-state index in [4.69, 9.17) is 9.47 Å². The largest absolute Gasteiger partial charge is 0.454 e. The Morgan fingerprint density at radius 3 is 2.71 bits per heavy atom. The standard InChI is InChI=1S/C13H10N2O2/c1(2-11-5-6-14-15-8-11)10-3-4-12-13(7-10)17-9-16-12/h1-8H,9H2/b2-1+. The van der Waals surface area contributed by atoms with Crippen LogP contribution in [0, 0.1) is 0 Å². The van der Waals surface area contributed by atoms with E-state index in [9.17, 15) is 0 Å². The summed E-state index contributed by atoms with van der Waals surface area (Å²) >= 11 is 0. The molecule has 84 valence electrons. The van der Waals surface area contributed by atoms with Crippen molar-refractivity contribution in [3.8, 4) is 11.5 Å². The zero-order chi connectivity index (χ0) is 11.5. The van der Waals surface area contributed by atoms with Gasteiger partial charge in [0, 0.05) is 0 Å². The number of rotatable bonds is 2. The zero-order valence-corrected chi connectivity index (χ0v) is 9.04. The van der Waals surface area contributed by atoms with Crippen LogP contribution in [0.25, 0.3) is 12.2 Å². The molecule has 1 aromatic carbocycles. The van der Waals surface area contributed by atoms with Gasteiger partial charge in [-0.2, -0.15) is 10.2 Å². The van der Waals surface area contributed by atoms with Gasteiger partial charge < -0.3 is 9.47 Å². The van der Waals surface area contributed by atoms with Crippen LogP contribution < -0.4 is 9.47 Å². The molecule has 0 unspecified atom stereocenters. The monoisotopic (exact) mass is 226 g/mol. The fraction of sp³-hybridized carbons (Fsp3) is 0.0769. The Balaban J connectivity index is 1.84. The maximum absolute atomic E-state index is 5.31. The van der Waals surface area contributed by atoms with Crippen LogP contribution in [-0.2, 0) is 0 Å². The second-order valence-corrected chi connectivity index (χ2v) is 3.62. The summed E-state index contributed by atoms with van der Waals surface area (Å²) in [6.07, 6.45) is 7.36. The Morgan fingerprint density at radius 1 is 0.941 bits per heavy atom. The average Bonchev–Trinajstić information content (AvgIpc) is 2.85. The van der Waals surface area contributed by atoms with Crippen LogP contribution in [0.1, 0.15) is 11.1 Å². The molecule has 0 fully saturated rings. The van der Waals surface area contributed by atoms with Crippen molar-refractivity contribution < 1.29 is 9.47 Å². The lowest BCUT2D eigenvalue weighted by molar-refractivity contribution is 0.174. The molecule has 1 aromatic heterocycles. The van der Waals surface area contributed by atoms with Crippen LogP contribution >= 0.6 is 0 Å². The van der Waals surface area contributed by atoms with Gasteiger partial charge in [-0.1, -0.05) is 18.2 Å². The van der Waals surface area contributed by atoms with Crippen LogP contribution in [0.15, 0.2) is 36.7 Å². The van der Waals surface area contributed by atoms with Crippen molar-refractivity contribution in [3.63, 3.8) is 0 Å². The minimum absolute atomic E-state index is 0.302. The quantitative estimate of drug-likeness (QED) is 0.788. The SMILES string of the molecule is C(=C\c1ccc2c(c1)OCO2)/c1ccnnc1. The van der Waals surface area contributed by atoms with Crippen molar-refractivity contribution in [2.24, 2.45) is 0 Å². The van der Waals surface area contributed by atoms with Gasteiger partial charge in [-0.25, -0.2) is 0 Å². The first-order chi connectivity index (χ1) is 8.42. The molecule has 3 rings (SSSR count). The van der Waals surface area contributed by atoms with Crippen molar-refractivity contribution in [2.75, 3.05) is 6.79 Å². The molecule has 2 heterocycles. The molecule has 0 saturated heterocycles. The number of fused-ring (bicyclic) bond motifs is 1. The molecule has 0 aliphatic carbocycles. The fourth-order valence-electron chi connectivity index (χ4n) is 1.61. The van der Waals surface area contributed by atoms with E-state index >= 15 is 0 Å². The van der Waals surface area contributed by atoms with Gasteiger partial charge in [0.2, 0.25) is 6.79 Å². The first kappa shape index (κ1) is 9.84. The van der Waals surface area contributed by atoms with Crippen molar-refractivity contribution in [2.45, 2.75) is 0 Å². The van der Waals surface area contributed by atoms with E-state index in [1.54, 1.807) is 12.4 Å². The third kappa shape index (κ3) is 2.10. The Labute approximate surface area is 98.5 Å². The van der Waals surface area contributed by atoms with Gasteiger partial charge in [0.15, 0.2) is 11.5 Å². The predicted molar refractivity (Wildman–Crippen MR) is 63.5 cm³/mol. The van der Waals surface area contributed by atoms with Gasteiger partial charge in [0.05, 0.1) is 12.4 Å². The maximum atomic E-state index is 5.31. The van der Waals surface area contributed by atoms with Crippen LogP contribution in [-0.4, -0.2) is 17.0 Å². The van der Waals surface area contributed by atoms with E-state index in [0.29, 0.717) is 6.79 Å². The van der Waals surface area contributed by atoms with Gasteiger partial charge >= 0.3 is 0 Å². The van der Waals surface area contributed by atoms with Crippen molar-refractivity contribution in [1.29, 1.82) is 0 Å². The van der Waals surface area contributed by atoms with Crippen LogP contribution in [0.5, 0.6) is 11.5 Å². The molecule has 1 aliphatic heterocycles. The fourth-order valence-corrected chi connectivity index (χ4v) is 1.61. The first-order valence-electron chi connectivity index (χ1n) is 5.26. The molecule has 17 heavy (non-hydrogen) atoms. The minimum atomic E-state index is 0.302. The van der Waals surface area contributed by atoms with E-state index < -0.39 is 0 Å². The lowest BCUT2D eigenvalue weighted by atomic mass is 10.1. The third-order valence-electron chi connectivity index (χ3n) is 2.47. The Hall–Kier alpha value is -2.36. The third-order valence-corrected chi connectivity index (χ3v) is 2.47. The first-order valence-corrected chi connectivity index (χ1v) is 5.26. The number of hydrogen-bond acceptors (Lipinski definition) is 4. The molecule has 2 aromatic rings. The summed E-state index contributed by atoms with van der Waals surface area (Å²) in [6.45, 7) is 0.302. The number of aromatic nitrogens is 2. The molecular formula is C13H10N2O2.